The summed E-state index contributed by atoms with van der Waals surface area (Å²) < 4.78 is 19.6. The maximum absolute atomic E-state index is 14.0. The van der Waals surface area contributed by atoms with Crippen LogP contribution in [0.3, 0.4) is 0 Å². The molecule has 38 heavy (non-hydrogen) atoms. The summed E-state index contributed by atoms with van der Waals surface area (Å²) in [5, 5.41) is 0. The molecule has 0 aliphatic carbocycles. The van der Waals surface area contributed by atoms with Crippen molar-refractivity contribution in [2.45, 2.75) is 26.8 Å². The first-order valence-electron chi connectivity index (χ1n) is 12.1. The van der Waals surface area contributed by atoms with Crippen LogP contribution in [0.4, 0.5) is 0 Å². The Morgan fingerprint density at radius 1 is 1.08 bits per heavy atom. The molecule has 1 aliphatic heterocycles. The van der Waals surface area contributed by atoms with Crippen LogP contribution in [-0.4, -0.2) is 49.8 Å². The van der Waals surface area contributed by atoms with Crippen molar-refractivity contribution >= 4 is 45.9 Å². The van der Waals surface area contributed by atoms with Gasteiger partial charge in [-0.2, -0.15) is 0 Å². The fourth-order valence-electron chi connectivity index (χ4n) is 4.55. The van der Waals surface area contributed by atoms with Crippen LogP contribution in [0.1, 0.15) is 37.9 Å². The van der Waals surface area contributed by atoms with E-state index in [2.05, 4.69) is 22.6 Å². The summed E-state index contributed by atoms with van der Waals surface area (Å²) >= 11 is 3.50. The molecule has 0 N–H and O–H groups in total. The van der Waals surface area contributed by atoms with E-state index in [0.29, 0.717) is 50.8 Å². The topological polar surface area (TPSA) is 82.4 Å². The maximum atomic E-state index is 14.0. The summed E-state index contributed by atoms with van der Waals surface area (Å²) in [7, 11) is 4.78. The number of rotatable bonds is 8. The third-order valence-corrected chi connectivity index (χ3v) is 8.33. The number of benzene rings is 2. The Hall–Kier alpha value is -3.12. The van der Waals surface area contributed by atoms with Crippen molar-refractivity contribution in [3.63, 3.8) is 0 Å². The Kier molecular flexibility index (Phi) is 8.61. The van der Waals surface area contributed by atoms with Crippen molar-refractivity contribution in [2.24, 2.45) is 4.99 Å². The number of halogens is 1. The second kappa shape index (κ2) is 11.7. The number of hydrogen-bond acceptors (Lipinski definition) is 7. The fraction of sp³-hybridized carbons (Fsp3) is 0.321. The maximum Gasteiger partial charge on any atom is 0.271 e. The zero-order valence-electron chi connectivity index (χ0n) is 22.2. The Morgan fingerprint density at radius 2 is 1.76 bits per heavy atom. The van der Waals surface area contributed by atoms with Gasteiger partial charge < -0.3 is 19.1 Å². The summed E-state index contributed by atoms with van der Waals surface area (Å²) in [5.41, 5.74) is 2.31. The van der Waals surface area contributed by atoms with Crippen molar-refractivity contribution in [3.05, 3.63) is 82.1 Å². The van der Waals surface area contributed by atoms with E-state index in [1.807, 2.05) is 51.1 Å². The molecule has 0 saturated heterocycles. The normalized spacial score (nSPS) is 15.1. The van der Waals surface area contributed by atoms with Gasteiger partial charge in [0.05, 0.1) is 40.7 Å². The molecule has 2 aromatic carbocycles. The Morgan fingerprint density at radius 3 is 2.37 bits per heavy atom. The average molecular weight is 648 g/mol. The lowest BCUT2D eigenvalue weighted by atomic mass is 9.93. The summed E-state index contributed by atoms with van der Waals surface area (Å²) in [6.45, 7) is 6.76. The molecule has 0 unspecified atom stereocenters. The van der Waals surface area contributed by atoms with Crippen molar-refractivity contribution < 1.29 is 19.0 Å². The highest BCUT2D eigenvalue weighted by Crippen LogP contribution is 2.38. The number of carbonyl (C=O) groups is 1. The van der Waals surface area contributed by atoms with Crippen LogP contribution in [0, 0.1) is 3.57 Å². The molecule has 3 aromatic rings. The summed E-state index contributed by atoms with van der Waals surface area (Å²) in [4.78, 5) is 34.8. The summed E-state index contributed by atoms with van der Waals surface area (Å²) in [6, 6.07) is 10.4. The van der Waals surface area contributed by atoms with Gasteiger partial charge in [0.1, 0.15) is 23.3 Å². The number of nitrogens with zero attached hydrogens (tertiary/aromatic N) is 3. The molecule has 0 spiro atoms. The number of ether oxygens (including phenoxy) is 3. The minimum absolute atomic E-state index is 0.162. The Labute approximate surface area is 239 Å². The van der Waals surface area contributed by atoms with Gasteiger partial charge in [-0.1, -0.05) is 17.4 Å². The molecular formula is C28H30IN3O5S. The molecule has 2 heterocycles. The number of methoxy groups -OCH3 is 3. The molecule has 1 amide bonds. The van der Waals surface area contributed by atoms with Crippen LogP contribution >= 0.6 is 33.9 Å². The summed E-state index contributed by atoms with van der Waals surface area (Å²) in [6.07, 6.45) is 1.84. The van der Waals surface area contributed by atoms with Gasteiger partial charge in [0.15, 0.2) is 4.80 Å². The fourth-order valence-corrected chi connectivity index (χ4v) is 6.35. The number of amides is 1. The van der Waals surface area contributed by atoms with E-state index in [4.69, 9.17) is 19.2 Å². The van der Waals surface area contributed by atoms with Crippen LogP contribution in [0.5, 0.6) is 17.2 Å². The third kappa shape index (κ3) is 5.11. The second-order valence-corrected chi connectivity index (χ2v) is 10.7. The number of thiazole rings is 1. The van der Waals surface area contributed by atoms with E-state index in [-0.39, 0.29) is 11.5 Å². The van der Waals surface area contributed by atoms with E-state index in [1.54, 1.807) is 42.9 Å². The second-order valence-electron chi connectivity index (χ2n) is 8.56. The van der Waals surface area contributed by atoms with E-state index >= 15 is 0 Å². The first-order chi connectivity index (χ1) is 18.3. The molecular weight excluding hydrogens is 617 g/mol. The predicted octanol–water partition coefficient (Wildman–Crippen LogP) is 3.73. The van der Waals surface area contributed by atoms with Gasteiger partial charge in [0.25, 0.3) is 11.5 Å². The molecule has 200 valence electrons. The standard InChI is InChI=1S/C28H30IN3O5S/c1-7-31(8-2)27(34)24-16(3)30-28-32(25(24)19-15-18(35-4)10-12-21(19)36-5)26(33)23(38-28)14-17-9-11-22(37-6)20(29)13-17/h9-15,25H,7-8H2,1-6H3/b23-14+/t25-/m1/s1. The molecule has 0 saturated carbocycles. The van der Waals surface area contributed by atoms with E-state index in [0.717, 1.165) is 14.9 Å². The molecule has 1 atom stereocenters. The number of likely N-dealkylation sites (N-methyl/N-ethyl adjacent to an activating group) is 1. The first-order valence-corrected chi connectivity index (χ1v) is 14.0. The van der Waals surface area contributed by atoms with Crippen LogP contribution < -0.4 is 29.1 Å². The molecule has 0 fully saturated rings. The van der Waals surface area contributed by atoms with Gasteiger partial charge in [-0.15, -0.1) is 0 Å². The van der Waals surface area contributed by atoms with Gasteiger partial charge in [-0.05, 0) is 85.3 Å². The van der Waals surface area contributed by atoms with Gasteiger partial charge in [-0.25, -0.2) is 4.99 Å². The van der Waals surface area contributed by atoms with Gasteiger partial charge in [-0.3, -0.25) is 14.2 Å². The zero-order chi connectivity index (χ0) is 27.6. The summed E-state index contributed by atoms with van der Waals surface area (Å²) in [5.74, 6) is 1.75. The molecule has 8 nitrogen and oxygen atoms in total. The van der Waals surface area contributed by atoms with Crippen LogP contribution in [0.25, 0.3) is 6.08 Å². The predicted molar refractivity (Wildman–Crippen MR) is 157 cm³/mol. The largest absolute Gasteiger partial charge is 0.497 e. The molecule has 1 aromatic heterocycles. The number of fused-ring (bicyclic) bond motifs is 1. The SMILES string of the molecule is CCN(CC)C(=O)C1=C(C)N=c2s/c(=C/c3ccc(OC)c(I)c3)c(=O)n2[C@@H]1c1cc(OC)ccc1OC. The molecule has 4 rings (SSSR count). The van der Waals surface area contributed by atoms with E-state index in [1.165, 1.54) is 11.3 Å². The van der Waals surface area contributed by atoms with Gasteiger partial charge >= 0.3 is 0 Å². The number of carbonyl (C=O) groups excluding carboxylic acids is 1. The Bertz CT molecular complexity index is 1590. The first kappa shape index (κ1) is 27.9. The number of allylic oxidation sites excluding steroid dienone is 1. The quantitative estimate of drug-likeness (QED) is 0.349. The minimum atomic E-state index is -0.734. The number of aromatic nitrogens is 1. The van der Waals surface area contributed by atoms with E-state index in [9.17, 15) is 9.59 Å². The molecule has 10 heteroatoms. The average Bonchev–Trinajstić information content (AvgIpc) is 3.22. The van der Waals surface area contributed by atoms with Gasteiger partial charge in [0, 0.05) is 18.7 Å². The number of hydrogen-bond donors (Lipinski definition) is 0. The molecule has 1 aliphatic rings. The van der Waals surface area contributed by atoms with Crippen molar-refractivity contribution in [3.8, 4) is 17.2 Å². The smallest absolute Gasteiger partial charge is 0.271 e. The Balaban J connectivity index is 2.01. The molecule has 0 radical (unpaired) electrons. The van der Waals surface area contributed by atoms with Crippen LogP contribution in [0.15, 0.2) is 57.5 Å². The zero-order valence-corrected chi connectivity index (χ0v) is 25.2. The van der Waals surface area contributed by atoms with Crippen LogP contribution in [-0.2, 0) is 4.79 Å². The van der Waals surface area contributed by atoms with Crippen molar-refractivity contribution in [2.75, 3.05) is 34.4 Å². The van der Waals surface area contributed by atoms with E-state index < -0.39 is 6.04 Å². The highest BCUT2D eigenvalue weighted by molar-refractivity contribution is 14.1. The monoisotopic (exact) mass is 647 g/mol. The third-order valence-electron chi connectivity index (χ3n) is 6.51. The highest BCUT2D eigenvalue weighted by Gasteiger charge is 2.36. The van der Waals surface area contributed by atoms with Crippen molar-refractivity contribution in [1.82, 2.24) is 9.47 Å². The lowest BCUT2D eigenvalue weighted by molar-refractivity contribution is -0.127. The van der Waals surface area contributed by atoms with Gasteiger partial charge in [0.2, 0.25) is 0 Å². The highest BCUT2D eigenvalue weighted by atomic mass is 127. The van der Waals surface area contributed by atoms with Crippen molar-refractivity contribution in [1.29, 1.82) is 0 Å². The van der Waals surface area contributed by atoms with Crippen LogP contribution in [0.2, 0.25) is 0 Å². The molecule has 0 bridgehead atoms. The lowest BCUT2D eigenvalue weighted by Gasteiger charge is -2.30. The lowest BCUT2D eigenvalue weighted by Crippen LogP contribution is -2.43. The minimum Gasteiger partial charge on any atom is -0.497 e.